The molecule has 0 bridgehead atoms. The molecule has 46 heavy (non-hydrogen) atoms. The molecule has 14 heteroatoms. The molecule has 4 aromatic carbocycles. The summed E-state index contributed by atoms with van der Waals surface area (Å²) in [5.74, 6) is -16.4. The summed E-state index contributed by atoms with van der Waals surface area (Å²) in [7, 11) is 0. The number of hydrogen-bond acceptors (Lipinski definition) is 3. The van der Waals surface area contributed by atoms with Gasteiger partial charge < -0.3 is 0 Å². The summed E-state index contributed by atoms with van der Waals surface area (Å²) in [6.45, 7) is 21.9. The van der Waals surface area contributed by atoms with Crippen LogP contribution in [0.1, 0.15) is 22.3 Å². The second kappa shape index (κ2) is 10.9. The lowest BCUT2D eigenvalue weighted by Gasteiger charge is -2.13. The maximum Gasteiger partial charge on any atom is 0.270 e. The summed E-state index contributed by atoms with van der Waals surface area (Å²) in [4.78, 5) is 8.67. The molecule has 0 unspecified atom stereocenters. The minimum Gasteiger partial charge on any atom is -0.237 e. The van der Waals surface area contributed by atoms with Crippen LogP contribution in [0.5, 0.6) is 0 Å². The van der Waals surface area contributed by atoms with Crippen LogP contribution in [0.3, 0.4) is 0 Å². The van der Waals surface area contributed by atoms with E-state index in [0.29, 0.717) is 0 Å². The van der Waals surface area contributed by atoms with E-state index in [-0.39, 0.29) is 22.3 Å². The Labute approximate surface area is 252 Å². The van der Waals surface area contributed by atoms with Crippen LogP contribution in [0, 0.1) is 100 Å². The Balaban J connectivity index is 1.93. The lowest BCUT2D eigenvalue weighted by molar-refractivity contribution is 0.454. The molecule has 0 amide bonds. The summed E-state index contributed by atoms with van der Waals surface area (Å²) >= 11 is 0. The highest BCUT2D eigenvalue weighted by atomic mass is 19.2. The normalized spacial score (nSPS) is 12.0. The van der Waals surface area contributed by atoms with Crippen molar-refractivity contribution in [3.8, 4) is 51.6 Å². The van der Waals surface area contributed by atoms with Gasteiger partial charge in [-0.15, -0.1) is 0 Å². The van der Waals surface area contributed by atoms with Crippen molar-refractivity contribution >= 4 is 16.9 Å². The number of nitriles is 3. The smallest absolute Gasteiger partial charge is 0.237 e. The van der Waals surface area contributed by atoms with Gasteiger partial charge in [-0.3, -0.25) is 0 Å². The van der Waals surface area contributed by atoms with E-state index < -0.39 is 103 Å². The van der Waals surface area contributed by atoms with Crippen molar-refractivity contribution in [3.63, 3.8) is 0 Å². The molecule has 0 heterocycles. The standard InChI is InChI=1S/C32H4F8N6/c1-44-19-7-14-13-4-11(8-41)12(22-26(35)24(33)18(9-42)25(34)27(22)36)5-15(13)21(20(10-43)45-2)16(14)6-17(19)23-28(37)30(39)32(46-3)31(40)29(23)38/h4-7H/b21-20-. The second-order valence-corrected chi connectivity index (χ2v) is 9.24. The fourth-order valence-corrected chi connectivity index (χ4v) is 5.10. The number of hydrogen-bond donors (Lipinski definition) is 0. The third kappa shape index (κ3) is 4.04. The first-order chi connectivity index (χ1) is 21.9. The Morgan fingerprint density at radius 1 is 0.543 bits per heavy atom. The maximum atomic E-state index is 15.1. The molecule has 0 atom stereocenters. The SMILES string of the molecule is [C-]#[N+]/C(C#N)=C1/c2cc(-c3c(F)c(F)c(C#N)c(F)c3F)c(C#N)cc2-c2cc([N+]#[C-])c(-c3c(F)c(F)c([N+]#[C-])c(F)c3F)cc21. The molecular formula is C32H4F8N6. The Morgan fingerprint density at radius 2 is 1.04 bits per heavy atom. The van der Waals surface area contributed by atoms with Gasteiger partial charge in [-0.2, -0.15) is 10.5 Å². The molecule has 0 fully saturated rings. The van der Waals surface area contributed by atoms with Crippen LogP contribution in [-0.2, 0) is 0 Å². The summed E-state index contributed by atoms with van der Waals surface area (Å²) in [6.07, 6.45) is 0. The summed E-state index contributed by atoms with van der Waals surface area (Å²) < 4.78 is 119. The minimum absolute atomic E-state index is 0.0862. The molecule has 0 N–H and O–H groups in total. The molecule has 1 aliphatic rings. The van der Waals surface area contributed by atoms with Gasteiger partial charge in [-0.05, 0) is 46.0 Å². The van der Waals surface area contributed by atoms with Crippen LogP contribution in [0.2, 0.25) is 0 Å². The van der Waals surface area contributed by atoms with Gasteiger partial charge >= 0.3 is 0 Å². The van der Waals surface area contributed by atoms with E-state index in [9.17, 15) is 28.1 Å². The van der Waals surface area contributed by atoms with E-state index >= 15 is 17.6 Å². The van der Waals surface area contributed by atoms with Crippen molar-refractivity contribution in [3.05, 3.63) is 133 Å². The van der Waals surface area contributed by atoms with E-state index in [1.165, 1.54) is 0 Å². The van der Waals surface area contributed by atoms with E-state index in [2.05, 4.69) is 14.5 Å². The quantitative estimate of drug-likeness (QED) is 0.0850. The van der Waals surface area contributed by atoms with Crippen molar-refractivity contribution < 1.29 is 35.1 Å². The van der Waals surface area contributed by atoms with Crippen molar-refractivity contribution in [2.45, 2.75) is 0 Å². The van der Waals surface area contributed by atoms with Crippen LogP contribution >= 0.6 is 0 Å². The van der Waals surface area contributed by atoms with Gasteiger partial charge in [0.25, 0.3) is 11.4 Å². The van der Waals surface area contributed by atoms with Gasteiger partial charge in [0.15, 0.2) is 52.2 Å². The molecule has 0 aromatic heterocycles. The lowest BCUT2D eigenvalue weighted by Crippen LogP contribution is -2.05. The zero-order valence-corrected chi connectivity index (χ0v) is 22.0. The zero-order valence-electron chi connectivity index (χ0n) is 22.0. The summed E-state index contributed by atoms with van der Waals surface area (Å²) in [5, 5.41) is 28.5. The predicted molar refractivity (Wildman–Crippen MR) is 143 cm³/mol. The van der Waals surface area contributed by atoms with Gasteiger partial charge in [0.2, 0.25) is 0 Å². The predicted octanol–water partition coefficient (Wildman–Crippen LogP) is 9.16. The number of nitrogens with zero attached hydrogens (tertiary/aromatic N) is 6. The number of halogens is 8. The molecule has 6 nitrogen and oxygen atoms in total. The molecule has 4 aromatic rings. The molecule has 0 radical (unpaired) electrons. The molecule has 0 saturated heterocycles. The van der Waals surface area contributed by atoms with Crippen molar-refractivity contribution in [2.75, 3.05) is 0 Å². The van der Waals surface area contributed by atoms with Gasteiger partial charge in [-0.1, -0.05) is 6.07 Å². The van der Waals surface area contributed by atoms with Gasteiger partial charge in [0.1, 0.15) is 11.6 Å². The Bertz CT molecular complexity index is 2200. The maximum absolute atomic E-state index is 15.1. The fourth-order valence-electron chi connectivity index (χ4n) is 5.10. The Hall–Kier alpha value is -7.00. The van der Waals surface area contributed by atoms with Crippen molar-refractivity contribution in [1.29, 1.82) is 15.8 Å². The van der Waals surface area contributed by atoms with Gasteiger partial charge in [0.05, 0.1) is 43.0 Å². The van der Waals surface area contributed by atoms with Crippen molar-refractivity contribution in [1.82, 2.24) is 0 Å². The average molecular weight is 624 g/mol. The zero-order chi connectivity index (χ0) is 33.8. The fraction of sp³-hybridized carbons (Fsp3) is 0. The Kier molecular flexibility index (Phi) is 7.23. The first-order valence-electron chi connectivity index (χ1n) is 12.1. The molecule has 1 aliphatic carbocycles. The molecule has 0 aliphatic heterocycles. The Morgan fingerprint density at radius 3 is 1.50 bits per heavy atom. The van der Waals surface area contributed by atoms with E-state index in [1.54, 1.807) is 12.1 Å². The first kappa shape index (κ1) is 30.5. The number of rotatable bonds is 2. The molecular weight excluding hydrogens is 620 g/mol. The first-order valence-corrected chi connectivity index (χ1v) is 12.1. The molecule has 5 rings (SSSR count). The minimum atomic E-state index is -2.07. The van der Waals surface area contributed by atoms with Crippen LogP contribution in [0.15, 0.2) is 30.0 Å². The van der Waals surface area contributed by atoms with E-state index in [1.807, 2.05) is 0 Å². The van der Waals surface area contributed by atoms with Crippen LogP contribution in [-0.4, -0.2) is 0 Å². The largest absolute Gasteiger partial charge is 0.270 e. The lowest BCUT2D eigenvalue weighted by atomic mass is 9.91. The van der Waals surface area contributed by atoms with Crippen molar-refractivity contribution in [2.24, 2.45) is 0 Å². The highest BCUT2D eigenvalue weighted by Crippen LogP contribution is 2.52. The third-order valence-corrected chi connectivity index (χ3v) is 7.08. The van der Waals surface area contributed by atoms with E-state index in [4.69, 9.17) is 25.0 Å². The monoisotopic (exact) mass is 624 g/mol. The molecule has 0 saturated carbocycles. The van der Waals surface area contributed by atoms with E-state index in [0.717, 1.165) is 30.3 Å². The topological polar surface area (TPSA) is 84.4 Å². The van der Waals surface area contributed by atoms with Gasteiger partial charge in [-0.25, -0.2) is 54.9 Å². The summed E-state index contributed by atoms with van der Waals surface area (Å²) in [6, 6.07) is 7.65. The highest BCUT2D eigenvalue weighted by Gasteiger charge is 2.35. The molecule has 0 spiro atoms. The number of fused-ring (bicyclic) bond motifs is 3. The molecule has 218 valence electrons. The van der Waals surface area contributed by atoms with Crippen LogP contribution < -0.4 is 0 Å². The van der Waals surface area contributed by atoms with Gasteiger partial charge in [0, 0.05) is 16.7 Å². The highest BCUT2D eigenvalue weighted by molar-refractivity contribution is 6.07. The average Bonchev–Trinajstić information content (AvgIpc) is 3.35. The number of allylic oxidation sites excluding steroid dienone is 1. The third-order valence-electron chi connectivity index (χ3n) is 7.08. The summed E-state index contributed by atoms with van der Waals surface area (Å²) in [5.41, 5.74) is -10.7. The van der Waals surface area contributed by atoms with Crippen LogP contribution in [0.4, 0.5) is 46.5 Å². The second-order valence-electron chi connectivity index (χ2n) is 9.24. The number of benzene rings is 4. The van der Waals surface area contributed by atoms with Crippen LogP contribution in [0.25, 0.3) is 53.5 Å².